The van der Waals surface area contributed by atoms with Gasteiger partial charge in [-0.1, -0.05) is 18.2 Å². The summed E-state index contributed by atoms with van der Waals surface area (Å²) >= 11 is 0. The summed E-state index contributed by atoms with van der Waals surface area (Å²) in [5.74, 6) is -0.226. The maximum absolute atomic E-state index is 11.9. The van der Waals surface area contributed by atoms with Gasteiger partial charge in [-0.15, -0.1) is 0 Å². The molecule has 0 unspecified atom stereocenters. The van der Waals surface area contributed by atoms with Crippen LogP contribution in [-0.4, -0.2) is 37.1 Å². The van der Waals surface area contributed by atoms with Crippen LogP contribution in [-0.2, 0) is 4.74 Å². The van der Waals surface area contributed by atoms with Crippen molar-refractivity contribution in [3.05, 3.63) is 36.0 Å². The van der Waals surface area contributed by atoms with Gasteiger partial charge in [0.15, 0.2) is 5.96 Å². The van der Waals surface area contributed by atoms with Crippen LogP contribution in [0, 0.1) is 0 Å². The Bertz CT molecular complexity index is 570. The quantitative estimate of drug-likeness (QED) is 0.432. The van der Waals surface area contributed by atoms with Crippen LogP contribution >= 0.6 is 0 Å². The second-order valence-electron chi connectivity index (χ2n) is 3.98. The fraction of sp³-hybridized carbons (Fsp3) is 0.231. The minimum absolute atomic E-state index is 0.0840. The van der Waals surface area contributed by atoms with E-state index in [9.17, 15) is 4.79 Å². The molecule has 100 valence electrons. The van der Waals surface area contributed by atoms with E-state index in [-0.39, 0.29) is 11.9 Å². The molecular weight excluding hydrogens is 244 g/mol. The highest BCUT2D eigenvalue weighted by Gasteiger charge is 2.09. The van der Waals surface area contributed by atoms with E-state index >= 15 is 0 Å². The van der Waals surface area contributed by atoms with Crippen molar-refractivity contribution >= 4 is 22.8 Å². The molecule has 1 aromatic heterocycles. The summed E-state index contributed by atoms with van der Waals surface area (Å²) in [6, 6.07) is 9.42. The molecule has 2 aromatic rings. The largest absolute Gasteiger partial charge is 0.383 e. The van der Waals surface area contributed by atoms with Crippen molar-refractivity contribution in [3.8, 4) is 0 Å². The minimum atomic E-state index is -0.310. The van der Waals surface area contributed by atoms with Crippen molar-refractivity contribution < 1.29 is 9.53 Å². The van der Waals surface area contributed by atoms with Crippen molar-refractivity contribution in [1.29, 1.82) is 0 Å². The molecule has 1 aromatic carbocycles. The number of carbonyl (C=O) groups excluding carboxylic acids is 1. The molecule has 0 aliphatic heterocycles. The maximum Gasteiger partial charge on any atom is 0.274 e. The number of nitrogens with two attached hydrogens (primary N) is 1. The van der Waals surface area contributed by atoms with Gasteiger partial charge in [-0.3, -0.25) is 15.1 Å². The zero-order chi connectivity index (χ0) is 13.7. The highest BCUT2D eigenvalue weighted by atomic mass is 16.5. The average Bonchev–Trinajstić information content (AvgIpc) is 2.83. The fourth-order valence-corrected chi connectivity index (χ4v) is 1.68. The zero-order valence-corrected chi connectivity index (χ0v) is 10.6. The third kappa shape index (κ3) is 3.32. The number of para-hydroxylation sites is 1. The first-order chi connectivity index (χ1) is 9.20. The summed E-state index contributed by atoms with van der Waals surface area (Å²) in [6.07, 6.45) is 0. The molecule has 0 spiro atoms. The van der Waals surface area contributed by atoms with E-state index < -0.39 is 0 Å². The number of nitrogens with one attached hydrogen (secondary N) is 2. The van der Waals surface area contributed by atoms with E-state index in [4.69, 9.17) is 10.5 Å². The van der Waals surface area contributed by atoms with Gasteiger partial charge < -0.3 is 15.5 Å². The van der Waals surface area contributed by atoms with Crippen LogP contribution in [0.5, 0.6) is 0 Å². The number of hydrogen-bond acceptors (Lipinski definition) is 3. The molecule has 0 fully saturated rings. The second-order valence-corrected chi connectivity index (χ2v) is 3.98. The Morgan fingerprint density at radius 3 is 3.00 bits per heavy atom. The van der Waals surface area contributed by atoms with E-state index in [2.05, 4.69) is 15.3 Å². The molecule has 0 bridgehead atoms. The zero-order valence-electron chi connectivity index (χ0n) is 10.6. The lowest BCUT2D eigenvalue weighted by Gasteiger charge is -2.02. The Balaban J connectivity index is 2.05. The molecule has 0 atom stereocenters. The van der Waals surface area contributed by atoms with E-state index in [1.807, 2.05) is 24.3 Å². The molecule has 2 rings (SSSR count). The van der Waals surface area contributed by atoms with Crippen LogP contribution in [0.25, 0.3) is 10.9 Å². The van der Waals surface area contributed by atoms with Gasteiger partial charge in [0.1, 0.15) is 5.69 Å². The number of methoxy groups -OCH3 is 1. The number of H-pyrrole nitrogens is 1. The van der Waals surface area contributed by atoms with E-state index in [1.165, 1.54) is 0 Å². The number of nitrogens with zero attached hydrogens (tertiary/aromatic N) is 1. The molecule has 1 amide bonds. The van der Waals surface area contributed by atoms with Crippen LogP contribution in [0.4, 0.5) is 0 Å². The van der Waals surface area contributed by atoms with Crippen molar-refractivity contribution in [1.82, 2.24) is 10.3 Å². The van der Waals surface area contributed by atoms with Gasteiger partial charge in [0.05, 0.1) is 13.2 Å². The lowest BCUT2D eigenvalue weighted by atomic mass is 10.2. The van der Waals surface area contributed by atoms with Gasteiger partial charge in [0.25, 0.3) is 5.91 Å². The number of amides is 1. The molecule has 0 aliphatic carbocycles. The Kier molecular flexibility index (Phi) is 4.15. The second kappa shape index (κ2) is 6.01. The van der Waals surface area contributed by atoms with Crippen molar-refractivity contribution in [2.24, 2.45) is 10.7 Å². The number of aromatic amines is 1. The highest BCUT2D eigenvalue weighted by Crippen LogP contribution is 2.14. The molecule has 0 aliphatic rings. The van der Waals surface area contributed by atoms with Crippen LogP contribution in [0.2, 0.25) is 0 Å². The summed E-state index contributed by atoms with van der Waals surface area (Å²) < 4.78 is 4.84. The van der Waals surface area contributed by atoms with Crippen LogP contribution < -0.4 is 11.1 Å². The maximum atomic E-state index is 11.9. The first kappa shape index (κ1) is 13.1. The molecule has 0 saturated carbocycles. The molecular formula is C13H16N4O2. The summed E-state index contributed by atoms with van der Waals surface area (Å²) in [5.41, 5.74) is 6.95. The van der Waals surface area contributed by atoms with E-state index in [0.29, 0.717) is 18.8 Å². The van der Waals surface area contributed by atoms with Crippen molar-refractivity contribution in [3.63, 3.8) is 0 Å². The monoisotopic (exact) mass is 260 g/mol. The first-order valence-corrected chi connectivity index (χ1v) is 5.88. The molecule has 0 saturated heterocycles. The summed E-state index contributed by atoms with van der Waals surface area (Å²) in [5, 5.41) is 3.49. The number of aromatic nitrogens is 1. The van der Waals surface area contributed by atoms with Crippen LogP contribution in [0.3, 0.4) is 0 Å². The smallest absolute Gasteiger partial charge is 0.274 e. The molecule has 0 radical (unpaired) electrons. The topological polar surface area (TPSA) is 92.5 Å². The highest BCUT2D eigenvalue weighted by molar-refractivity contribution is 6.06. The van der Waals surface area contributed by atoms with Crippen molar-refractivity contribution in [2.75, 3.05) is 20.3 Å². The van der Waals surface area contributed by atoms with Gasteiger partial charge >= 0.3 is 0 Å². The normalized spacial score (nSPS) is 11.7. The third-order valence-electron chi connectivity index (χ3n) is 2.59. The molecule has 6 nitrogen and oxygen atoms in total. The van der Waals surface area contributed by atoms with Gasteiger partial charge in [0, 0.05) is 18.0 Å². The van der Waals surface area contributed by atoms with Crippen molar-refractivity contribution in [2.45, 2.75) is 0 Å². The number of guanidine groups is 1. The third-order valence-corrected chi connectivity index (χ3v) is 2.59. The lowest BCUT2D eigenvalue weighted by molar-refractivity contribution is 0.0972. The number of carbonyl (C=O) groups is 1. The standard InChI is InChI=1S/C13H16N4O2/c1-19-7-6-15-13(14)17-12(18)11-8-9-4-2-3-5-10(9)16-11/h2-5,8,16H,6-7H2,1H3,(H3,14,15,17,18). The summed E-state index contributed by atoms with van der Waals surface area (Å²) in [7, 11) is 1.58. The SMILES string of the molecule is COCCN=C(N)NC(=O)c1cc2ccccc2[nH]1. The molecule has 4 N–H and O–H groups in total. The van der Waals surface area contributed by atoms with Crippen LogP contribution in [0.15, 0.2) is 35.3 Å². The lowest BCUT2D eigenvalue weighted by Crippen LogP contribution is -2.37. The van der Waals surface area contributed by atoms with Gasteiger partial charge in [0.2, 0.25) is 0 Å². The summed E-state index contributed by atoms with van der Waals surface area (Å²) in [6.45, 7) is 0.873. The van der Waals surface area contributed by atoms with Crippen LogP contribution in [0.1, 0.15) is 10.5 Å². The number of ether oxygens (including phenoxy) is 1. The Morgan fingerprint density at radius 1 is 1.47 bits per heavy atom. The predicted molar refractivity (Wildman–Crippen MR) is 74.1 cm³/mol. The average molecular weight is 260 g/mol. The van der Waals surface area contributed by atoms with Gasteiger partial charge in [-0.2, -0.15) is 0 Å². The number of rotatable bonds is 4. The van der Waals surface area contributed by atoms with E-state index in [0.717, 1.165) is 10.9 Å². The van der Waals surface area contributed by atoms with Gasteiger partial charge in [-0.05, 0) is 12.1 Å². The number of hydrogen-bond donors (Lipinski definition) is 3. The van der Waals surface area contributed by atoms with E-state index in [1.54, 1.807) is 13.2 Å². The number of benzene rings is 1. The molecule has 1 heterocycles. The minimum Gasteiger partial charge on any atom is -0.383 e. The Hall–Kier alpha value is -2.34. The fourth-order valence-electron chi connectivity index (χ4n) is 1.68. The molecule has 6 heteroatoms. The number of aliphatic imine (C=N–C) groups is 1. The predicted octanol–water partition coefficient (Wildman–Crippen LogP) is 0.859. The Labute approximate surface area is 110 Å². The summed E-state index contributed by atoms with van der Waals surface area (Å²) in [4.78, 5) is 18.9. The number of fused-ring (bicyclic) bond motifs is 1. The molecule has 19 heavy (non-hydrogen) atoms. The van der Waals surface area contributed by atoms with Gasteiger partial charge in [-0.25, -0.2) is 0 Å². The Morgan fingerprint density at radius 2 is 2.26 bits per heavy atom. The first-order valence-electron chi connectivity index (χ1n) is 5.88.